The van der Waals surface area contributed by atoms with Gasteiger partial charge in [-0.2, -0.15) is 5.10 Å². The number of benzene rings is 2. The highest BCUT2D eigenvalue weighted by molar-refractivity contribution is 6.05. The van der Waals surface area contributed by atoms with Crippen molar-refractivity contribution in [2.24, 2.45) is 0 Å². The summed E-state index contributed by atoms with van der Waals surface area (Å²) in [7, 11) is 0. The molecule has 26 heavy (non-hydrogen) atoms. The largest absolute Gasteiger partial charge is 0.322 e. The van der Waals surface area contributed by atoms with E-state index in [1.807, 2.05) is 13.8 Å². The molecule has 0 unspecified atom stereocenters. The van der Waals surface area contributed by atoms with Gasteiger partial charge in [0, 0.05) is 5.69 Å². The fourth-order valence-corrected chi connectivity index (χ4v) is 2.75. The van der Waals surface area contributed by atoms with Crippen molar-refractivity contribution < 1.29 is 13.6 Å². The Balaban J connectivity index is 1.95. The molecule has 0 bridgehead atoms. The molecule has 2 aromatic carbocycles. The Labute approximate surface area is 150 Å². The van der Waals surface area contributed by atoms with Crippen molar-refractivity contribution in [3.05, 3.63) is 77.1 Å². The van der Waals surface area contributed by atoms with E-state index in [1.165, 1.54) is 24.4 Å². The molecule has 3 aromatic rings. The zero-order valence-electron chi connectivity index (χ0n) is 14.8. The molecule has 0 saturated heterocycles. The maximum Gasteiger partial charge on any atom is 0.259 e. The molecule has 3 rings (SSSR count). The number of aromatic nitrogens is 2. The molecule has 0 aliphatic heterocycles. The predicted octanol–water partition coefficient (Wildman–Crippen LogP) is 4.83. The van der Waals surface area contributed by atoms with Gasteiger partial charge < -0.3 is 5.32 Å². The average Bonchev–Trinajstić information content (AvgIpc) is 3.04. The molecule has 0 aliphatic carbocycles. The van der Waals surface area contributed by atoms with Gasteiger partial charge in [0.2, 0.25) is 0 Å². The number of halogens is 2. The van der Waals surface area contributed by atoms with E-state index in [2.05, 4.69) is 10.4 Å². The monoisotopic (exact) mass is 355 g/mol. The molecule has 134 valence electrons. The highest BCUT2D eigenvalue weighted by atomic mass is 19.1. The van der Waals surface area contributed by atoms with Gasteiger partial charge in [0.25, 0.3) is 5.91 Å². The lowest BCUT2D eigenvalue weighted by Gasteiger charge is -2.13. The fourth-order valence-electron chi connectivity index (χ4n) is 2.75. The van der Waals surface area contributed by atoms with Gasteiger partial charge in [0.15, 0.2) is 0 Å². The maximum absolute atomic E-state index is 13.7. The maximum atomic E-state index is 13.7. The summed E-state index contributed by atoms with van der Waals surface area (Å²) in [6.45, 7) is 5.54. The van der Waals surface area contributed by atoms with Crippen molar-refractivity contribution in [2.75, 3.05) is 5.32 Å². The van der Waals surface area contributed by atoms with E-state index < -0.39 is 0 Å². The van der Waals surface area contributed by atoms with Crippen molar-refractivity contribution in [3.63, 3.8) is 0 Å². The topological polar surface area (TPSA) is 46.9 Å². The van der Waals surface area contributed by atoms with E-state index in [-0.39, 0.29) is 23.5 Å². The summed E-state index contributed by atoms with van der Waals surface area (Å²) in [5.74, 6) is -1.09. The Hall–Kier alpha value is -3.02. The number of amides is 1. The van der Waals surface area contributed by atoms with Gasteiger partial charge in [-0.25, -0.2) is 13.5 Å². The summed E-state index contributed by atoms with van der Waals surface area (Å²) in [4.78, 5) is 12.7. The second-order valence-corrected chi connectivity index (χ2v) is 6.40. The minimum atomic E-state index is -0.381. The number of rotatable bonds is 4. The first kappa shape index (κ1) is 17.8. The molecule has 0 saturated carbocycles. The molecule has 1 heterocycles. The smallest absolute Gasteiger partial charge is 0.259 e. The molecular weight excluding hydrogens is 336 g/mol. The van der Waals surface area contributed by atoms with Crippen molar-refractivity contribution in [1.82, 2.24) is 9.78 Å². The van der Waals surface area contributed by atoms with Crippen LogP contribution in [-0.2, 0) is 0 Å². The fraction of sp³-hybridized carbons (Fsp3) is 0.200. The molecular formula is C20H19F2N3O. The van der Waals surface area contributed by atoms with Gasteiger partial charge in [-0.1, -0.05) is 19.9 Å². The number of hydrogen-bond donors (Lipinski definition) is 1. The predicted molar refractivity (Wildman–Crippen MR) is 96.7 cm³/mol. The zero-order chi connectivity index (χ0) is 18.8. The van der Waals surface area contributed by atoms with Crippen molar-refractivity contribution in [3.8, 4) is 5.69 Å². The molecule has 0 radical (unpaired) electrons. The van der Waals surface area contributed by atoms with Crippen LogP contribution in [0.15, 0.2) is 48.7 Å². The highest BCUT2D eigenvalue weighted by Crippen LogP contribution is 2.24. The Morgan fingerprint density at radius 3 is 2.42 bits per heavy atom. The Kier molecular flexibility index (Phi) is 4.84. The number of hydrogen-bond acceptors (Lipinski definition) is 2. The third kappa shape index (κ3) is 3.49. The molecule has 0 spiro atoms. The van der Waals surface area contributed by atoms with Crippen LogP contribution in [0, 0.1) is 18.6 Å². The second-order valence-electron chi connectivity index (χ2n) is 6.40. The van der Waals surface area contributed by atoms with E-state index in [0.29, 0.717) is 28.2 Å². The summed E-state index contributed by atoms with van der Waals surface area (Å²) in [5, 5.41) is 6.99. The van der Waals surface area contributed by atoms with Crippen molar-refractivity contribution >= 4 is 11.6 Å². The first-order chi connectivity index (χ1) is 12.4. The van der Waals surface area contributed by atoms with E-state index in [0.717, 1.165) is 0 Å². The molecule has 0 atom stereocenters. The Bertz CT molecular complexity index is 946. The molecule has 6 heteroatoms. The van der Waals surface area contributed by atoms with Gasteiger partial charge in [0.05, 0.1) is 23.1 Å². The third-order valence-electron chi connectivity index (χ3n) is 4.10. The zero-order valence-corrected chi connectivity index (χ0v) is 14.8. The minimum absolute atomic E-state index is 0.00180. The Morgan fingerprint density at radius 2 is 1.81 bits per heavy atom. The molecule has 1 amide bonds. The SMILES string of the molecule is Cc1ccc(NC(=O)c2cnn(-c3ccc(F)cc3)c2C(C)C)cc1F. The van der Waals surface area contributed by atoms with Crippen LogP contribution < -0.4 is 5.32 Å². The standard InChI is InChI=1S/C20H19F2N3O/c1-12(2)19-17(11-23-25(19)16-8-5-14(21)6-9-16)20(26)24-15-7-4-13(3)18(22)10-15/h4-12H,1-3H3,(H,24,26). The van der Waals surface area contributed by atoms with E-state index in [1.54, 1.807) is 35.9 Å². The minimum Gasteiger partial charge on any atom is -0.322 e. The van der Waals surface area contributed by atoms with E-state index in [9.17, 15) is 13.6 Å². The lowest BCUT2D eigenvalue weighted by atomic mass is 10.0. The molecule has 4 nitrogen and oxygen atoms in total. The van der Waals surface area contributed by atoms with Crippen LogP contribution in [-0.4, -0.2) is 15.7 Å². The highest BCUT2D eigenvalue weighted by Gasteiger charge is 2.21. The number of aryl methyl sites for hydroxylation is 1. The normalized spacial score (nSPS) is 11.0. The average molecular weight is 355 g/mol. The van der Waals surface area contributed by atoms with Crippen molar-refractivity contribution in [1.29, 1.82) is 0 Å². The summed E-state index contributed by atoms with van der Waals surface area (Å²) >= 11 is 0. The third-order valence-corrected chi connectivity index (χ3v) is 4.10. The lowest BCUT2D eigenvalue weighted by molar-refractivity contribution is 0.102. The summed E-state index contributed by atoms with van der Waals surface area (Å²) in [6.07, 6.45) is 1.47. The van der Waals surface area contributed by atoms with Gasteiger partial charge in [0.1, 0.15) is 11.6 Å². The molecule has 0 aliphatic rings. The summed E-state index contributed by atoms with van der Waals surface area (Å²) < 4.78 is 28.5. The van der Waals surface area contributed by atoms with Crippen LogP contribution in [0.4, 0.5) is 14.5 Å². The van der Waals surface area contributed by atoms with Crippen LogP contribution in [0.25, 0.3) is 5.69 Å². The van der Waals surface area contributed by atoms with Gasteiger partial charge >= 0.3 is 0 Å². The molecule has 1 aromatic heterocycles. The summed E-state index contributed by atoms with van der Waals surface area (Å²) in [5.41, 5.74) is 2.64. The molecule has 0 fully saturated rings. The first-order valence-corrected chi connectivity index (χ1v) is 8.28. The van der Waals surface area contributed by atoms with E-state index in [4.69, 9.17) is 0 Å². The van der Waals surface area contributed by atoms with Crippen molar-refractivity contribution in [2.45, 2.75) is 26.7 Å². The van der Waals surface area contributed by atoms with Gasteiger partial charge in [-0.05, 0) is 54.8 Å². The lowest BCUT2D eigenvalue weighted by Crippen LogP contribution is -2.15. The van der Waals surface area contributed by atoms with Crippen LogP contribution in [0.1, 0.15) is 41.4 Å². The Morgan fingerprint density at radius 1 is 1.12 bits per heavy atom. The van der Waals surface area contributed by atoms with Crippen LogP contribution in [0.5, 0.6) is 0 Å². The van der Waals surface area contributed by atoms with Crippen LogP contribution in [0.3, 0.4) is 0 Å². The quantitative estimate of drug-likeness (QED) is 0.728. The number of anilines is 1. The number of carbonyl (C=O) groups excluding carboxylic acids is 1. The van der Waals surface area contributed by atoms with Gasteiger partial charge in [-0.15, -0.1) is 0 Å². The molecule has 1 N–H and O–H groups in total. The van der Waals surface area contributed by atoms with Gasteiger partial charge in [-0.3, -0.25) is 4.79 Å². The number of nitrogens with one attached hydrogen (secondary N) is 1. The first-order valence-electron chi connectivity index (χ1n) is 8.28. The van der Waals surface area contributed by atoms with Crippen LogP contribution >= 0.6 is 0 Å². The number of carbonyl (C=O) groups is 1. The van der Waals surface area contributed by atoms with E-state index >= 15 is 0 Å². The second kappa shape index (κ2) is 7.07. The number of nitrogens with zero attached hydrogens (tertiary/aromatic N) is 2. The van der Waals surface area contributed by atoms with Crippen LogP contribution in [0.2, 0.25) is 0 Å². The summed E-state index contributed by atoms with van der Waals surface area (Å²) in [6, 6.07) is 10.4.